The fourth-order valence-corrected chi connectivity index (χ4v) is 4.29. The van der Waals surface area contributed by atoms with Crippen LogP contribution in [0.25, 0.3) is 10.6 Å². The first kappa shape index (κ1) is 19.8. The maximum absolute atomic E-state index is 12.5. The molecule has 1 heterocycles. The van der Waals surface area contributed by atoms with Gasteiger partial charge >= 0.3 is 0 Å². The minimum Gasteiger partial charge on any atom is -0.497 e. The van der Waals surface area contributed by atoms with Crippen molar-refractivity contribution >= 4 is 17.2 Å². The zero-order chi connectivity index (χ0) is 19.1. The average molecular weight is 389 g/mol. The molecule has 0 saturated heterocycles. The highest BCUT2D eigenvalue weighted by atomic mass is 32.1. The number of hydrogen-bond acceptors (Lipinski definition) is 5. The number of carbonyl (C=O) groups excluding carboxylic acids is 1. The third-order valence-corrected chi connectivity index (χ3v) is 6.06. The summed E-state index contributed by atoms with van der Waals surface area (Å²) in [6.45, 7) is 3.22. The van der Waals surface area contributed by atoms with Crippen LogP contribution in [-0.4, -0.2) is 37.3 Å². The van der Waals surface area contributed by atoms with E-state index in [0.717, 1.165) is 28.4 Å². The molecule has 6 heteroatoms. The van der Waals surface area contributed by atoms with E-state index < -0.39 is 0 Å². The quantitative estimate of drug-likeness (QED) is 0.672. The number of rotatable bonds is 8. The van der Waals surface area contributed by atoms with Crippen LogP contribution < -0.4 is 10.1 Å². The summed E-state index contributed by atoms with van der Waals surface area (Å²) in [5.41, 5.74) is 1.76. The Hall–Kier alpha value is -1.92. The molecule has 146 valence electrons. The summed E-state index contributed by atoms with van der Waals surface area (Å²) in [7, 11) is 1.64. The van der Waals surface area contributed by atoms with Crippen molar-refractivity contribution in [2.45, 2.75) is 51.6 Å². The van der Waals surface area contributed by atoms with Gasteiger partial charge in [-0.3, -0.25) is 4.79 Å². The number of nitrogens with one attached hydrogen (secondary N) is 1. The number of carbonyl (C=O) groups is 1. The number of aromatic nitrogens is 1. The molecule has 0 spiro atoms. The Morgan fingerprint density at radius 2 is 1.96 bits per heavy atom. The van der Waals surface area contributed by atoms with Crippen molar-refractivity contribution in [2.24, 2.45) is 0 Å². The highest BCUT2D eigenvalue weighted by molar-refractivity contribution is 7.17. The number of nitrogens with zero attached hydrogens (tertiary/aromatic N) is 1. The summed E-state index contributed by atoms with van der Waals surface area (Å²) < 4.78 is 11.1. The molecule has 1 aromatic carbocycles. The third kappa shape index (κ3) is 5.53. The van der Waals surface area contributed by atoms with E-state index in [2.05, 4.69) is 10.3 Å². The molecule has 5 nitrogen and oxygen atoms in total. The summed E-state index contributed by atoms with van der Waals surface area (Å²) in [4.78, 5) is 17.7. The van der Waals surface area contributed by atoms with Crippen molar-refractivity contribution in [1.82, 2.24) is 10.3 Å². The van der Waals surface area contributed by atoms with Crippen LogP contribution >= 0.6 is 11.3 Å². The van der Waals surface area contributed by atoms with Gasteiger partial charge in [-0.15, -0.1) is 11.3 Å². The SMILES string of the molecule is COc1ccc(-c2nc(C)c(C(=O)NCCCOC3CCCCC3)s2)cc1. The molecular weight excluding hydrogens is 360 g/mol. The maximum atomic E-state index is 12.5. The van der Waals surface area contributed by atoms with Crippen molar-refractivity contribution < 1.29 is 14.3 Å². The van der Waals surface area contributed by atoms with E-state index >= 15 is 0 Å². The Balaban J connectivity index is 1.47. The van der Waals surface area contributed by atoms with Gasteiger partial charge in [0, 0.05) is 18.7 Å². The molecule has 2 aromatic rings. The van der Waals surface area contributed by atoms with Crippen molar-refractivity contribution in [3.63, 3.8) is 0 Å². The van der Waals surface area contributed by atoms with Crippen LogP contribution in [0.1, 0.15) is 53.9 Å². The first-order valence-electron chi connectivity index (χ1n) is 9.69. The number of benzene rings is 1. The molecule has 1 aliphatic rings. The molecular formula is C21H28N2O3S. The molecule has 0 radical (unpaired) electrons. The molecule has 0 bridgehead atoms. The van der Waals surface area contributed by atoms with Gasteiger partial charge in [0.15, 0.2) is 0 Å². The lowest BCUT2D eigenvalue weighted by Gasteiger charge is -2.21. The van der Waals surface area contributed by atoms with Gasteiger partial charge in [0.25, 0.3) is 5.91 Å². The Labute approximate surface area is 165 Å². The molecule has 1 saturated carbocycles. The Morgan fingerprint density at radius 1 is 1.22 bits per heavy atom. The fourth-order valence-electron chi connectivity index (χ4n) is 3.30. The molecule has 0 atom stereocenters. The van der Waals surface area contributed by atoms with E-state index in [4.69, 9.17) is 9.47 Å². The molecule has 0 unspecified atom stereocenters. The highest BCUT2D eigenvalue weighted by Gasteiger charge is 2.16. The fraction of sp³-hybridized carbons (Fsp3) is 0.524. The summed E-state index contributed by atoms with van der Waals surface area (Å²) in [6, 6.07) is 7.72. The third-order valence-electron chi connectivity index (χ3n) is 4.85. The normalized spacial score (nSPS) is 14.9. The van der Waals surface area contributed by atoms with Crippen molar-refractivity contribution in [3.8, 4) is 16.3 Å². The monoisotopic (exact) mass is 388 g/mol. The molecule has 0 aliphatic heterocycles. The van der Waals surface area contributed by atoms with Gasteiger partial charge in [-0.1, -0.05) is 19.3 Å². The van der Waals surface area contributed by atoms with Crippen molar-refractivity contribution in [1.29, 1.82) is 0 Å². The van der Waals surface area contributed by atoms with Crippen LogP contribution in [0.5, 0.6) is 5.75 Å². The molecule has 1 aliphatic carbocycles. The van der Waals surface area contributed by atoms with E-state index in [1.165, 1.54) is 43.4 Å². The molecule has 1 aromatic heterocycles. The number of methoxy groups -OCH3 is 1. The molecule has 1 N–H and O–H groups in total. The second kappa shape index (κ2) is 9.85. The number of amides is 1. The minimum atomic E-state index is -0.0533. The summed E-state index contributed by atoms with van der Waals surface area (Å²) >= 11 is 1.43. The standard InChI is InChI=1S/C21H28N2O3S/c1-15-19(27-21(23-15)16-9-11-17(25-2)12-10-16)20(24)22-13-6-14-26-18-7-4-3-5-8-18/h9-12,18H,3-8,13-14H2,1-2H3,(H,22,24). The van der Waals surface area contributed by atoms with Crippen LogP contribution in [0.3, 0.4) is 0 Å². The number of aryl methyl sites for hydroxylation is 1. The molecule has 3 rings (SSSR count). The van der Waals surface area contributed by atoms with Crippen molar-refractivity contribution in [3.05, 3.63) is 34.8 Å². The zero-order valence-corrected chi connectivity index (χ0v) is 16.9. The molecule has 1 fully saturated rings. The second-order valence-corrected chi connectivity index (χ2v) is 7.90. The van der Waals surface area contributed by atoms with Crippen LogP contribution in [0, 0.1) is 6.92 Å². The van der Waals surface area contributed by atoms with E-state index in [0.29, 0.717) is 24.1 Å². The lowest BCUT2D eigenvalue weighted by atomic mass is 9.98. The van der Waals surface area contributed by atoms with Gasteiger partial charge in [-0.25, -0.2) is 4.98 Å². The molecule has 27 heavy (non-hydrogen) atoms. The topological polar surface area (TPSA) is 60.5 Å². The van der Waals surface area contributed by atoms with Crippen LogP contribution in [0.15, 0.2) is 24.3 Å². The van der Waals surface area contributed by atoms with Crippen LogP contribution in [0.2, 0.25) is 0 Å². The average Bonchev–Trinajstić information content (AvgIpc) is 3.10. The summed E-state index contributed by atoms with van der Waals surface area (Å²) in [6.07, 6.45) is 7.52. The summed E-state index contributed by atoms with van der Waals surface area (Å²) in [5.74, 6) is 0.753. The van der Waals surface area contributed by atoms with Crippen LogP contribution in [0.4, 0.5) is 0 Å². The Bertz CT molecular complexity index is 736. The lowest BCUT2D eigenvalue weighted by molar-refractivity contribution is 0.0273. The first-order valence-corrected chi connectivity index (χ1v) is 10.5. The van der Waals surface area contributed by atoms with Gasteiger partial charge in [-0.2, -0.15) is 0 Å². The predicted octanol–water partition coefficient (Wildman–Crippen LogP) is 4.60. The highest BCUT2D eigenvalue weighted by Crippen LogP contribution is 2.29. The van der Waals surface area contributed by atoms with E-state index in [1.807, 2.05) is 31.2 Å². The smallest absolute Gasteiger partial charge is 0.263 e. The first-order chi connectivity index (χ1) is 13.2. The number of hydrogen-bond donors (Lipinski definition) is 1. The Kier molecular flexibility index (Phi) is 7.24. The lowest BCUT2D eigenvalue weighted by Crippen LogP contribution is -2.26. The summed E-state index contributed by atoms with van der Waals surface area (Å²) in [5, 5.41) is 3.84. The maximum Gasteiger partial charge on any atom is 0.263 e. The predicted molar refractivity (Wildman–Crippen MR) is 109 cm³/mol. The van der Waals surface area contributed by atoms with E-state index in [1.54, 1.807) is 7.11 Å². The van der Waals surface area contributed by atoms with Gasteiger partial charge in [-0.05, 0) is 50.5 Å². The number of thiazole rings is 1. The van der Waals surface area contributed by atoms with Gasteiger partial charge in [0.05, 0.1) is 18.9 Å². The van der Waals surface area contributed by atoms with Gasteiger partial charge < -0.3 is 14.8 Å². The van der Waals surface area contributed by atoms with Crippen LogP contribution in [-0.2, 0) is 4.74 Å². The second-order valence-electron chi connectivity index (χ2n) is 6.90. The zero-order valence-electron chi connectivity index (χ0n) is 16.1. The Morgan fingerprint density at radius 3 is 2.67 bits per heavy atom. The van der Waals surface area contributed by atoms with Gasteiger partial charge in [0.1, 0.15) is 15.6 Å². The largest absolute Gasteiger partial charge is 0.497 e. The number of ether oxygens (including phenoxy) is 2. The van der Waals surface area contributed by atoms with Gasteiger partial charge in [0.2, 0.25) is 0 Å². The van der Waals surface area contributed by atoms with E-state index in [9.17, 15) is 4.79 Å². The van der Waals surface area contributed by atoms with E-state index in [-0.39, 0.29) is 5.91 Å². The van der Waals surface area contributed by atoms with Crippen molar-refractivity contribution in [2.75, 3.05) is 20.3 Å². The molecule has 1 amide bonds. The minimum absolute atomic E-state index is 0.0533.